The second-order valence-corrected chi connectivity index (χ2v) is 4.32. The smallest absolute Gasteiger partial charge is 0.139 e. The molecular weight excluding hydrogens is 235 g/mol. The van der Waals surface area contributed by atoms with Gasteiger partial charge in [0, 0.05) is 11.3 Å². The van der Waals surface area contributed by atoms with Crippen LogP contribution in [0.4, 0.5) is 4.39 Å². The molecule has 2 nitrogen and oxygen atoms in total. The van der Waals surface area contributed by atoms with Gasteiger partial charge in [-0.1, -0.05) is 19.1 Å². The van der Waals surface area contributed by atoms with Crippen molar-refractivity contribution < 1.29 is 4.39 Å². The number of nitrogens with zero attached hydrogens (tertiary/aromatic N) is 1. The summed E-state index contributed by atoms with van der Waals surface area (Å²) in [5, 5.41) is 0. The predicted molar refractivity (Wildman–Crippen MR) is 68.9 cm³/mol. The number of hydrogen-bond acceptors (Lipinski definition) is 2. The Morgan fingerprint density at radius 3 is 2.76 bits per heavy atom. The summed E-state index contributed by atoms with van der Waals surface area (Å²) in [7, 11) is 0. The Balaban J connectivity index is 2.60. The van der Waals surface area contributed by atoms with E-state index in [0.29, 0.717) is 10.5 Å². The van der Waals surface area contributed by atoms with E-state index in [1.807, 2.05) is 19.9 Å². The highest BCUT2D eigenvalue weighted by molar-refractivity contribution is 7.71. The molecule has 1 aromatic heterocycles. The number of rotatable bonds is 2. The van der Waals surface area contributed by atoms with E-state index in [0.717, 1.165) is 23.2 Å². The molecule has 0 fully saturated rings. The fourth-order valence-corrected chi connectivity index (χ4v) is 1.95. The summed E-state index contributed by atoms with van der Waals surface area (Å²) in [6.07, 6.45) is 0.861. The van der Waals surface area contributed by atoms with Crippen molar-refractivity contribution in [2.75, 3.05) is 0 Å². The molecule has 17 heavy (non-hydrogen) atoms. The minimum absolute atomic E-state index is 0.239. The van der Waals surface area contributed by atoms with Gasteiger partial charge in [0.1, 0.15) is 16.3 Å². The maximum Gasteiger partial charge on any atom is 0.139 e. The first kappa shape index (κ1) is 11.9. The highest BCUT2D eigenvalue weighted by Crippen LogP contribution is 2.20. The Morgan fingerprint density at radius 1 is 1.35 bits per heavy atom. The average molecular weight is 248 g/mol. The number of aryl methyl sites for hydroxylation is 2. The minimum Gasteiger partial charge on any atom is -0.343 e. The van der Waals surface area contributed by atoms with Gasteiger partial charge in [-0.15, -0.1) is 0 Å². The van der Waals surface area contributed by atoms with E-state index in [-0.39, 0.29) is 5.82 Å². The molecule has 0 aliphatic carbocycles. The third kappa shape index (κ3) is 2.58. The first-order chi connectivity index (χ1) is 8.10. The van der Waals surface area contributed by atoms with Gasteiger partial charge >= 0.3 is 0 Å². The van der Waals surface area contributed by atoms with Gasteiger partial charge in [-0.05, 0) is 43.2 Å². The van der Waals surface area contributed by atoms with E-state index in [9.17, 15) is 4.39 Å². The Labute approximate surface area is 105 Å². The second kappa shape index (κ2) is 4.75. The van der Waals surface area contributed by atoms with E-state index in [4.69, 9.17) is 12.2 Å². The number of benzene rings is 1. The van der Waals surface area contributed by atoms with Crippen molar-refractivity contribution in [3.8, 4) is 11.4 Å². The molecule has 0 unspecified atom stereocenters. The highest BCUT2D eigenvalue weighted by Gasteiger charge is 2.06. The van der Waals surface area contributed by atoms with Crippen molar-refractivity contribution >= 4 is 12.2 Å². The fraction of sp³-hybridized carbons (Fsp3) is 0.231. The first-order valence-corrected chi connectivity index (χ1v) is 5.87. The molecule has 0 saturated heterocycles. The quantitative estimate of drug-likeness (QED) is 0.818. The molecule has 0 atom stereocenters. The lowest BCUT2D eigenvalue weighted by molar-refractivity contribution is 0.627. The summed E-state index contributed by atoms with van der Waals surface area (Å²) in [6.45, 7) is 3.90. The molecule has 0 amide bonds. The summed E-state index contributed by atoms with van der Waals surface area (Å²) in [4.78, 5) is 7.49. The molecule has 0 bridgehead atoms. The molecule has 4 heteroatoms. The Kier molecular flexibility index (Phi) is 3.33. The van der Waals surface area contributed by atoms with Crippen molar-refractivity contribution in [3.05, 3.63) is 46.0 Å². The van der Waals surface area contributed by atoms with Gasteiger partial charge in [-0.25, -0.2) is 9.37 Å². The van der Waals surface area contributed by atoms with E-state index in [1.54, 1.807) is 6.07 Å². The van der Waals surface area contributed by atoms with Gasteiger partial charge in [0.25, 0.3) is 0 Å². The van der Waals surface area contributed by atoms with E-state index >= 15 is 0 Å². The molecule has 88 valence electrons. The Bertz CT molecular complexity index is 605. The number of aromatic nitrogens is 2. The van der Waals surface area contributed by atoms with Gasteiger partial charge in [0.2, 0.25) is 0 Å². The molecule has 0 aliphatic heterocycles. The van der Waals surface area contributed by atoms with E-state index in [1.165, 1.54) is 12.1 Å². The van der Waals surface area contributed by atoms with Crippen LogP contribution in [0.5, 0.6) is 0 Å². The maximum absolute atomic E-state index is 13.0. The van der Waals surface area contributed by atoms with Gasteiger partial charge in [0.05, 0.1) is 0 Å². The molecule has 0 radical (unpaired) electrons. The van der Waals surface area contributed by atoms with Gasteiger partial charge in [-0.3, -0.25) is 0 Å². The van der Waals surface area contributed by atoms with E-state index in [2.05, 4.69) is 9.97 Å². The molecule has 1 heterocycles. The number of hydrogen-bond donors (Lipinski definition) is 1. The van der Waals surface area contributed by atoms with Crippen LogP contribution in [-0.2, 0) is 6.42 Å². The Hall–Kier alpha value is -1.55. The zero-order valence-corrected chi connectivity index (χ0v) is 10.6. The topological polar surface area (TPSA) is 28.7 Å². The third-order valence-electron chi connectivity index (χ3n) is 2.62. The number of nitrogens with one attached hydrogen (secondary N) is 1. The highest BCUT2D eigenvalue weighted by atomic mass is 32.1. The summed E-state index contributed by atoms with van der Waals surface area (Å²) < 4.78 is 13.6. The van der Waals surface area contributed by atoms with E-state index < -0.39 is 0 Å². The maximum atomic E-state index is 13.0. The van der Waals surface area contributed by atoms with Crippen LogP contribution in [0.3, 0.4) is 0 Å². The van der Waals surface area contributed by atoms with Crippen molar-refractivity contribution in [1.82, 2.24) is 9.97 Å². The van der Waals surface area contributed by atoms with Crippen LogP contribution in [0.15, 0.2) is 24.3 Å². The molecule has 0 spiro atoms. The number of H-pyrrole nitrogens is 1. The predicted octanol–water partition coefficient (Wildman–Crippen LogP) is 3.82. The third-order valence-corrected chi connectivity index (χ3v) is 2.83. The summed E-state index contributed by atoms with van der Waals surface area (Å²) in [5.41, 5.74) is 2.76. The number of aromatic amines is 1. The van der Waals surface area contributed by atoms with Crippen molar-refractivity contribution in [2.24, 2.45) is 0 Å². The fourth-order valence-electron chi connectivity index (χ4n) is 1.72. The largest absolute Gasteiger partial charge is 0.343 e. The van der Waals surface area contributed by atoms with Gasteiger partial charge in [-0.2, -0.15) is 0 Å². The second-order valence-electron chi connectivity index (χ2n) is 3.91. The van der Waals surface area contributed by atoms with Crippen molar-refractivity contribution in [2.45, 2.75) is 20.3 Å². The van der Waals surface area contributed by atoms with Crippen LogP contribution in [0.1, 0.15) is 18.2 Å². The Morgan fingerprint density at radius 2 is 2.12 bits per heavy atom. The molecule has 0 saturated carbocycles. The number of halogens is 1. The normalized spacial score (nSPS) is 10.5. The van der Waals surface area contributed by atoms with Crippen molar-refractivity contribution in [3.63, 3.8) is 0 Å². The van der Waals surface area contributed by atoms with Gasteiger partial charge in [0.15, 0.2) is 0 Å². The van der Waals surface area contributed by atoms with Crippen LogP contribution in [0.25, 0.3) is 11.4 Å². The van der Waals surface area contributed by atoms with Gasteiger partial charge < -0.3 is 4.98 Å². The lowest BCUT2D eigenvalue weighted by Gasteiger charge is -2.07. The van der Waals surface area contributed by atoms with Crippen LogP contribution in [-0.4, -0.2) is 9.97 Å². The minimum atomic E-state index is -0.239. The lowest BCUT2D eigenvalue weighted by Crippen LogP contribution is -1.96. The molecule has 2 aromatic rings. The lowest BCUT2D eigenvalue weighted by atomic mass is 10.1. The summed E-state index contributed by atoms with van der Waals surface area (Å²) in [6, 6.07) is 6.49. The van der Waals surface area contributed by atoms with Crippen LogP contribution >= 0.6 is 12.2 Å². The van der Waals surface area contributed by atoms with Crippen LogP contribution in [0, 0.1) is 17.4 Å². The average Bonchev–Trinajstić information content (AvgIpc) is 2.28. The zero-order chi connectivity index (χ0) is 12.4. The molecule has 1 aromatic carbocycles. The molecular formula is C13H13FN2S. The SMILES string of the molecule is CCc1cc(=S)nc(-c2ccc(F)cc2C)[nH]1. The van der Waals surface area contributed by atoms with Crippen LogP contribution in [0.2, 0.25) is 0 Å². The monoisotopic (exact) mass is 248 g/mol. The first-order valence-electron chi connectivity index (χ1n) is 5.47. The zero-order valence-electron chi connectivity index (χ0n) is 9.75. The molecule has 1 N–H and O–H groups in total. The molecule has 0 aliphatic rings. The van der Waals surface area contributed by atoms with Crippen LogP contribution < -0.4 is 0 Å². The molecule has 2 rings (SSSR count). The summed E-state index contributed by atoms with van der Waals surface area (Å²) >= 11 is 5.12. The van der Waals surface area contributed by atoms with Crippen molar-refractivity contribution in [1.29, 1.82) is 0 Å². The standard InChI is InChI=1S/C13H13FN2S/c1-3-10-7-12(17)16-13(15-10)11-5-4-9(14)6-8(11)2/h4-7H,3H2,1-2H3,(H,15,16,17). The summed E-state index contributed by atoms with van der Waals surface area (Å²) in [5.74, 6) is 0.461.